The standard InChI is InChI=1S/C14H14BrNO4S/c1-19-12-7-8-13(20-2)14(9-12)21(17,18)16-11-5-3-10(15)4-6-11/h3-9,16H,1-2H3. The Kier molecular flexibility index (Phi) is 4.74. The van der Waals surface area contributed by atoms with Crippen LogP contribution >= 0.6 is 15.9 Å². The quantitative estimate of drug-likeness (QED) is 0.875. The monoisotopic (exact) mass is 371 g/mol. The van der Waals surface area contributed by atoms with Crippen molar-refractivity contribution in [2.45, 2.75) is 4.90 Å². The molecule has 0 aliphatic heterocycles. The maximum absolute atomic E-state index is 12.5. The highest BCUT2D eigenvalue weighted by Gasteiger charge is 2.20. The summed E-state index contributed by atoms with van der Waals surface area (Å²) in [5, 5.41) is 0. The molecular formula is C14H14BrNO4S. The number of anilines is 1. The molecular weight excluding hydrogens is 358 g/mol. The van der Waals surface area contributed by atoms with Gasteiger partial charge in [0.2, 0.25) is 0 Å². The molecule has 0 aromatic heterocycles. The molecule has 112 valence electrons. The van der Waals surface area contributed by atoms with Crippen molar-refractivity contribution in [3.63, 3.8) is 0 Å². The lowest BCUT2D eigenvalue weighted by atomic mass is 10.3. The Morgan fingerprint density at radius 1 is 1.00 bits per heavy atom. The van der Waals surface area contributed by atoms with Crippen LogP contribution in [0.25, 0.3) is 0 Å². The Hall–Kier alpha value is -1.73. The van der Waals surface area contributed by atoms with Gasteiger partial charge in [0.05, 0.1) is 14.2 Å². The molecule has 0 saturated carbocycles. The predicted molar refractivity (Wildman–Crippen MR) is 84.5 cm³/mol. The zero-order valence-corrected chi connectivity index (χ0v) is 13.9. The zero-order chi connectivity index (χ0) is 15.5. The SMILES string of the molecule is COc1ccc(OC)c(S(=O)(=O)Nc2ccc(Br)cc2)c1. The second kappa shape index (κ2) is 6.36. The van der Waals surface area contributed by atoms with E-state index in [1.165, 1.54) is 20.3 Å². The van der Waals surface area contributed by atoms with E-state index in [9.17, 15) is 8.42 Å². The van der Waals surface area contributed by atoms with Gasteiger partial charge in [-0.2, -0.15) is 0 Å². The van der Waals surface area contributed by atoms with Crippen molar-refractivity contribution < 1.29 is 17.9 Å². The van der Waals surface area contributed by atoms with Crippen LogP contribution in [0.2, 0.25) is 0 Å². The lowest BCUT2D eigenvalue weighted by Crippen LogP contribution is -2.14. The smallest absolute Gasteiger partial charge is 0.265 e. The third-order valence-corrected chi connectivity index (χ3v) is 4.69. The summed E-state index contributed by atoms with van der Waals surface area (Å²) in [6.07, 6.45) is 0. The maximum atomic E-state index is 12.5. The van der Waals surface area contributed by atoms with Crippen molar-refractivity contribution in [2.24, 2.45) is 0 Å². The average Bonchev–Trinajstić information content (AvgIpc) is 2.48. The first-order chi connectivity index (χ1) is 9.96. The molecule has 0 unspecified atom stereocenters. The molecule has 2 rings (SSSR count). The van der Waals surface area contributed by atoms with Crippen molar-refractivity contribution >= 4 is 31.6 Å². The number of methoxy groups -OCH3 is 2. The van der Waals surface area contributed by atoms with Crippen molar-refractivity contribution in [2.75, 3.05) is 18.9 Å². The molecule has 0 atom stereocenters. The minimum atomic E-state index is -3.77. The molecule has 0 bridgehead atoms. The Morgan fingerprint density at radius 2 is 1.67 bits per heavy atom. The Morgan fingerprint density at radius 3 is 2.24 bits per heavy atom. The highest BCUT2D eigenvalue weighted by atomic mass is 79.9. The predicted octanol–water partition coefficient (Wildman–Crippen LogP) is 3.27. The van der Waals surface area contributed by atoms with Gasteiger partial charge in [-0.05, 0) is 36.4 Å². The lowest BCUT2D eigenvalue weighted by Gasteiger charge is -2.12. The molecule has 0 fully saturated rings. The van der Waals surface area contributed by atoms with Crippen molar-refractivity contribution in [1.29, 1.82) is 0 Å². The number of hydrogen-bond acceptors (Lipinski definition) is 4. The summed E-state index contributed by atoms with van der Waals surface area (Å²) in [7, 11) is -0.882. The van der Waals surface area contributed by atoms with E-state index < -0.39 is 10.0 Å². The fourth-order valence-electron chi connectivity index (χ4n) is 1.72. The van der Waals surface area contributed by atoms with Crippen LogP contribution in [0, 0.1) is 0 Å². The third-order valence-electron chi connectivity index (χ3n) is 2.76. The summed E-state index contributed by atoms with van der Waals surface area (Å²) in [6, 6.07) is 11.4. The fourth-order valence-corrected chi connectivity index (χ4v) is 3.23. The molecule has 2 aromatic carbocycles. The van der Waals surface area contributed by atoms with Crippen LogP contribution in [0.15, 0.2) is 51.8 Å². The van der Waals surface area contributed by atoms with Crippen molar-refractivity contribution in [3.05, 3.63) is 46.9 Å². The summed E-state index contributed by atoms with van der Waals surface area (Å²) >= 11 is 3.30. The van der Waals surface area contributed by atoms with Crippen molar-refractivity contribution in [3.8, 4) is 11.5 Å². The van der Waals surface area contributed by atoms with Gasteiger partial charge in [0.1, 0.15) is 16.4 Å². The number of nitrogens with one attached hydrogen (secondary N) is 1. The van der Waals surface area contributed by atoms with E-state index in [4.69, 9.17) is 9.47 Å². The molecule has 0 aliphatic carbocycles. The molecule has 5 nitrogen and oxygen atoms in total. The van der Waals surface area contributed by atoms with Gasteiger partial charge in [0, 0.05) is 16.2 Å². The molecule has 21 heavy (non-hydrogen) atoms. The van der Waals surface area contributed by atoms with E-state index in [1.807, 2.05) is 0 Å². The van der Waals surface area contributed by atoms with Crippen LogP contribution in [0.4, 0.5) is 5.69 Å². The maximum Gasteiger partial charge on any atom is 0.265 e. The van der Waals surface area contributed by atoms with Crippen LogP contribution < -0.4 is 14.2 Å². The van der Waals surface area contributed by atoms with E-state index in [-0.39, 0.29) is 10.6 Å². The van der Waals surface area contributed by atoms with Gasteiger partial charge in [-0.3, -0.25) is 4.72 Å². The number of rotatable bonds is 5. The van der Waals surface area contributed by atoms with E-state index in [2.05, 4.69) is 20.7 Å². The average molecular weight is 372 g/mol. The summed E-state index contributed by atoms with van der Waals surface area (Å²) in [5.74, 6) is 0.687. The van der Waals surface area contributed by atoms with Crippen LogP contribution in [-0.4, -0.2) is 22.6 Å². The Labute approximate surface area is 132 Å². The molecule has 1 N–H and O–H groups in total. The Bertz CT molecular complexity index is 729. The van der Waals surface area contributed by atoms with E-state index in [0.717, 1.165) is 4.47 Å². The fraction of sp³-hybridized carbons (Fsp3) is 0.143. The second-order valence-corrected chi connectivity index (χ2v) is 6.70. The summed E-state index contributed by atoms with van der Waals surface area (Å²) < 4.78 is 38.5. The zero-order valence-electron chi connectivity index (χ0n) is 11.5. The largest absolute Gasteiger partial charge is 0.497 e. The molecule has 0 radical (unpaired) electrons. The minimum Gasteiger partial charge on any atom is -0.497 e. The van der Waals surface area contributed by atoms with Crippen LogP contribution in [0.5, 0.6) is 11.5 Å². The van der Waals surface area contributed by atoms with Gasteiger partial charge < -0.3 is 9.47 Å². The van der Waals surface area contributed by atoms with Crippen LogP contribution in [0.3, 0.4) is 0 Å². The molecule has 0 saturated heterocycles. The van der Waals surface area contributed by atoms with Crippen LogP contribution in [-0.2, 0) is 10.0 Å². The van der Waals surface area contributed by atoms with E-state index in [0.29, 0.717) is 11.4 Å². The first kappa shape index (κ1) is 15.7. The molecule has 2 aromatic rings. The van der Waals surface area contributed by atoms with Gasteiger partial charge in [-0.25, -0.2) is 8.42 Å². The molecule has 0 heterocycles. The Balaban J connectivity index is 2.41. The molecule has 0 spiro atoms. The minimum absolute atomic E-state index is 0.0206. The van der Waals surface area contributed by atoms with Crippen molar-refractivity contribution in [1.82, 2.24) is 0 Å². The van der Waals surface area contributed by atoms with Gasteiger partial charge in [-0.1, -0.05) is 15.9 Å². The van der Waals surface area contributed by atoms with Gasteiger partial charge in [-0.15, -0.1) is 0 Å². The van der Waals surface area contributed by atoms with Gasteiger partial charge in [0.15, 0.2) is 0 Å². The van der Waals surface area contributed by atoms with Gasteiger partial charge in [0.25, 0.3) is 10.0 Å². The number of halogens is 1. The number of hydrogen-bond donors (Lipinski definition) is 1. The number of sulfonamides is 1. The summed E-state index contributed by atoms with van der Waals surface area (Å²) in [4.78, 5) is 0.0206. The normalized spacial score (nSPS) is 11.0. The highest BCUT2D eigenvalue weighted by Crippen LogP contribution is 2.29. The first-order valence-electron chi connectivity index (χ1n) is 5.96. The van der Waals surface area contributed by atoms with E-state index in [1.54, 1.807) is 36.4 Å². The molecule has 7 heteroatoms. The first-order valence-corrected chi connectivity index (χ1v) is 8.24. The molecule has 0 amide bonds. The number of benzene rings is 2. The number of ether oxygens (including phenoxy) is 2. The van der Waals surface area contributed by atoms with E-state index >= 15 is 0 Å². The third kappa shape index (κ3) is 3.68. The van der Waals surface area contributed by atoms with Gasteiger partial charge >= 0.3 is 0 Å². The second-order valence-electron chi connectivity index (χ2n) is 4.13. The highest BCUT2D eigenvalue weighted by molar-refractivity contribution is 9.10. The molecule has 0 aliphatic rings. The summed E-state index contributed by atoms with van der Waals surface area (Å²) in [5.41, 5.74) is 0.461. The van der Waals surface area contributed by atoms with Crippen LogP contribution in [0.1, 0.15) is 0 Å². The lowest BCUT2D eigenvalue weighted by molar-refractivity contribution is 0.392. The summed E-state index contributed by atoms with van der Waals surface area (Å²) in [6.45, 7) is 0. The topological polar surface area (TPSA) is 64.6 Å².